The van der Waals surface area contributed by atoms with Crippen molar-refractivity contribution in [2.45, 2.75) is 6.92 Å². The monoisotopic (exact) mass is 417 g/mol. The second-order valence-corrected chi connectivity index (χ2v) is 7.40. The fourth-order valence-corrected chi connectivity index (χ4v) is 3.34. The van der Waals surface area contributed by atoms with E-state index >= 15 is 0 Å². The van der Waals surface area contributed by atoms with Gasteiger partial charge in [0.25, 0.3) is 5.91 Å². The molecule has 1 N–H and O–H groups in total. The van der Waals surface area contributed by atoms with Crippen LogP contribution in [0.4, 0.5) is 17.2 Å². The van der Waals surface area contributed by atoms with Crippen LogP contribution in [0.3, 0.4) is 0 Å². The topological polar surface area (TPSA) is 87.7 Å². The van der Waals surface area contributed by atoms with Crippen molar-refractivity contribution in [3.8, 4) is 17.0 Å². The number of carbonyl (C=O) groups excluding carboxylic acids is 2. The molecule has 0 saturated heterocycles. The highest BCUT2D eigenvalue weighted by Gasteiger charge is 2.22. The number of hydrogen-bond donors (Lipinski definition) is 1. The van der Waals surface area contributed by atoms with E-state index in [1.807, 2.05) is 42.5 Å². The molecule has 8 nitrogen and oxygen atoms in total. The van der Waals surface area contributed by atoms with E-state index in [-0.39, 0.29) is 11.8 Å². The van der Waals surface area contributed by atoms with Gasteiger partial charge >= 0.3 is 0 Å². The predicted molar refractivity (Wildman–Crippen MR) is 119 cm³/mol. The summed E-state index contributed by atoms with van der Waals surface area (Å²) in [5.41, 5.74) is 3.91. The van der Waals surface area contributed by atoms with Gasteiger partial charge in [0.2, 0.25) is 11.8 Å². The van der Waals surface area contributed by atoms with E-state index in [0.29, 0.717) is 41.8 Å². The molecule has 31 heavy (non-hydrogen) atoms. The van der Waals surface area contributed by atoms with Crippen molar-refractivity contribution in [1.29, 1.82) is 0 Å². The molecule has 0 atom stereocenters. The zero-order chi connectivity index (χ0) is 22.0. The number of rotatable bonds is 4. The van der Waals surface area contributed by atoms with E-state index in [1.54, 1.807) is 36.3 Å². The number of benzene rings is 1. The Kier molecular flexibility index (Phi) is 5.53. The van der Waals surface area contributed by atoms with Gasteiger partial charge in [0.1, 0.15) is 18.1 Å². The summed E-state index contributed by atoms with van der Waals surface area (Å²) in [6, 6.07) is 13.1. The molecule has 3 aromatic rings. The minimum atomic E-state index is -0.0516. The maximum Gasteiger partial charge on any atom is 0.253 e. The Hall–Kier alpha value is -3.94. The third kappa shape index (κ3) is 4.32. The van der Waals surface area contributed by atoms with Gasteiger partial charge in [-0.2, -0.15) is 0 Å². The molecule has 0 bridgehead atoms. The van der Waals surface area contributed by atoms with Crippen molar-refractivity contribution in [3.63, 3.8) is 0 Å². The number of pyridine rings is 2. The van der Waals surface area contributed by atoms with E-state index in [9.17, 15) is 9.59 Å². The van der Waals surface area contributed by atoms with Crippen LogP contribution in [0.15, 0.2) is 54.9 Å². The molecule has 0 fully saturated rings. The van der Waals surface area contributed by atoms with Gasteiger partial charge in [0.05, 0.1) is 18.4 Å². The summed E-state index contributed by atoms with van der Waals surface area (Å²) in [7, 11) is 3.46. The second-order valence-electron chi connectivity index (χ2n) is 7.40. The van der Waals surface area contributed by atoms with Gasteiger partial charge in [-0.15, -0.1) is 0 Å². The summed E-state index contributed by atoms with van der Waals surface area (Å²) in [5, 5.41) is 3.21. The molecule has 0 spiro atoms. The molecule has 0 saturated carbocycles. The van der Waals surface area contributed by atoms with Crippen LogP contribution in [0, 0.1) is 0 Å². The van der Waals surface area contributed by atoms with Crippen LogP contribution in [0.5, 0.6) is 5.88 Å². The average Bonchev–Trinajstić information content (AvgIpc) is 2.78. The van der Waals surface area contributed by atoms with Crippen LogP contribution in [-0.2, 0) is 4.79 Å². The first-order chi connectivity index (χ1) is 14.9. The predicted octanol–water partition coefficient (Wildman–Crippen LogP) is 3.33. The number of aromatic nitrogens is 2. The van der Waals surface area contributed by atoms with Crippen LogP contribution in [0.1, 0.15) is 17.3 Å². The second kappa shape index (κ2) is 8.43. The fourth-order valence-electron chi connectivity index (χ4n) is 3.34. The number of amides is 2. The number of nitrogens with one attached hydrogen (secondary N) is 1. The van der Waals surface area contributed by atoms with Crippen molar-refractivity contribution in [2.75, 3.05) is 37.5 Å². The SMILES string of the molecule is CC(=O)N1CCOc2ncc(Nc3ccc(-c4ccc(C(=O)N(C)C)cc4)cn3)cc21. The summed E-state index contributed by atoms with van der Waals surface area (Å²) in [4.78, 5) is 35.9. The van der Waals surface area contributed by atoms with Gasteiger partial charge < -0.3 is 19.9 Å². The molecular weight excluding hydrogens is 394 g/mol. The minimum absolute atomic E-state index is 0.0309. The van der Waals surface area contributed by atoms with Crippen LogP contribution in [0.25, 0.3) is 11.1 Å². The summed E-state index contributed by atoms with van der Waals surface area (Å²) >= 11 is 0. The number of nitrogens with zero attached hydrogens (tertiary/aromatic N) is 4. The Balaban J connectivity index is 1.50. The molecule has 1 aliphatic rings. The van der Waals surface area contributed by atoms with E-state index < -0.39 is 0 Å². The summed E-state index contributed by atoms with van der Waals surface area (Å²) in [6.45, 7) is 2.46. The Morgan fingerprint density at radius 1 is 1.03 bits per heavy atom. The molecule has 4 rings (SSSR count). The first kappa shape index (κ1) is 20.3. The Morgan fingerprint density at radius 2 is 1.77 bits per heavy atom. The molecule has 1 aromatic carbocycles. The van der Waals surface area contributed by atoms with Crippen LogP contribution < -0.4 is 15.0 Å². The molecule has 2 amide bonds. The number of fused-ring (bicyclic) bond motifs is 1. The molecule has 3 heterocycles. The summed E-state index contributed by atoms with van der Waals surface area (Å²) in [5.74, 6) is 1.02. The first-order valence-corrected chi connectivity index (χ1v) is 9.88. The van der Waals surface area contributed by atoms with Gasteiger partial charge in [0, 0.05) is 38.3 Å². The van der Waals surface area contributed by atoms with Crippen LogP contribution in [-0.4, -0.2) is 53.9 Å². The lowest BCUT2D eigenvalue weighted by Crippen LogP contribution is -2.36. The minimum Gasteiger partial charge on any atom is -0.474 e. The van der Waals surface area contributed by atoms with Gasteiger partial charge in [0.15, 0.2) is 0 Å². The number of anilines is 3. The highest BCUT2D eigenvalue weighted by atomic mass is 16.5. The fraction of sp³-hybridized carbons (Fsp3) is 0.217. The largest absolute Gasteiger partial charge is 0.474 e. The lowest BCUT2D eigenvalue weighted by atomic mass is 10.1. The van der Waals surface area contributed by atoms with Crippen molar-refractivity contribution in [2.24, 2.45) is 0 Å². The third-order valence-corrected chi connectivity index (χ3v) is 4.96. The zero-order valence-corrected chi connectivity index (χ0v) is 17.6. The number of hydrogen-bond acceptors (Lipinski definition) is 6. The van der Waals surface area contributed by atoms with Crippen molar-refractivity contribution < 1.29 is 14.3 Å². The van der Waals surface area contributed by atoms with Crippen molar-refractivity contribution >= 4 is 29.0 Å². The highest BCUT2D eigenvalue weighted by Crippen LogP contribution is 2.32. The third-order valence-electron chi connectivity index (χ3n) is 4.96. The van der Waals surface area contributed by atoms with Crippen molar-refractivity contribution in [3.05, 3.63) is 60.4 Å². The summed E-state index contributed by atoms with van der Waals surface area (Å²) < 4.78 is 5.54. The van der Waals surface area contributed by atoms with Gasteiger partial charge in [-0.3, -0.25) is 9.59 Å². The van der Waals surface area contributed by atoms with Gasteiger partial charge in [-0.25, -0.2) is 9.97 Å². The van der Waals surface area contributed by atoms with Gasteiger partial charge in [-0.1, -0.05) is 12.1 Å². The highest BCUT2D eigenvalue weighted by molar-refractivity contribution is 5.94. The Labute approximate surface area is 180 Å². The van der Waals surface area contributed by atoms with Crippen molar-refractivity contribution in [1.82, 2.24) is 14.9 Å². The quantitative estimate of drug-likeness (QED) is 0.701. The Bertz CT molecular complexity index is 1110. The van der Waals surface area contributed by atoms with Gasteiger partial charge in [-0.05, 0) is 35.9 Å². The lowest BCUT2D eigenvalue weighted by molar-refractivity contribution is -0.116. The normalized spacial score (nSPS) is 12.5. The van der Waals surface area contributed by atoms with Crippen LogP contribution >= 0.6 is 0 Å². The van der Waals surface area contributed by atoms with E-state index in [4.69, 9.17) is 4.74 Å². The Morgan fingerprint density at radius 3 is 2.42 bits per heavy atom. The molecule has 8 heteroatoms. The average molecular weight is 417 g/mol. The van der Waals surface area contributed by atoms with E-state index in [2.05, 4.69) is 15.3 Å². The lowest BCUT2D eigenvalue weighted by Gasteiger charge is -2.28. The van der Waals surface area contributed by atoms with Crippen LogP contribution in [0.2, 0.25) is 0 Å². The molecule has 1 aliphatic heterocycles. The van der Waals surface area contributed by atoms with E-state index in [0.717, 1.165) is 11.1 Å². The standard InChI is InChI=1S/C23H23N5O3/c1-15(29)28-10-11-31-22-20(28)12-19(14-25-22)26-21-9-8-18(13-24-21)16-4-6-17(7-5-16)23(30)27(2)3/h4-9,12-14H,10-11H2,1-3H3,(H,24,26). The number of ether oxygens (including phenoxy) is 1. The molecule has 158 valence electrons. The maximum atomic E-state index is 12.0. The molecule has 0 aliphatic carbocycles. The first-order valence-electron chi connectivity index (χ1n) is 9.88. The zero-order valence-electron chi connectivity index (χ0n) is 17.6. The van der Waals surface area contributed by atoms with E-state index in [1.165, 1.54) is 6.92 Å². The smallest absolute Gasteiger partial charge is 0.253 e. The number of carbonyl (C=O) groups is 2. The molecule has 0 radical (unpaired) electrons. The maximum absolute atomic E-state index is 12.0. The molecule has 0 unspecified atom stereocenters. The summed E-state index contributed by atoms with van der Waals surface area (Å²) in [6.07, 6.45) is 3.42. The molecular formula is C23H23N5O3. The molecule has 2 aromatic heterocycles.